The summed E-state index contributed by atoms with van der Waals surface area (Å²) >= 11 is 0. The van der Waals surface area contributed by atoms with Gasteiger partial charge in [-0.15, -0.1) is 0 Å². The molecule has 0 aromatic heterocycles. The van der Waals surface area contributed by atoms with Gasteiger partial charge >= 0.3 is 0 Å². The predicted octanol–water partition coefficient (Wildman–Crippen LogP) is 1.22. The molecule has 1 aliphatic heterocycles. The number of rotatable bonds is 6. The van der Waals surface area contributed by atoms with Crippen LogP contribution in [0.15, 0.2) is 30.3 Å². The van der Waals surface area contributed by atoms with E-state index in [-0.39, 0.29) is 17.9 Å². The fraction of sp³-hybridized carbons (Fsp3) is 0.600. The lowest BCUT2D eigenvalue weighted by Crippen LogP contribution is -2.52. The molecule has 0 unspecified atom stereocenters. The van der Waals surface area contributed by atoms with Crippen molar-refractivity contribution in [1.29, 1.82) is 0 Å². The Morgan fingerprint density at radius 3 is 2.76 bits per heavy atom. The van der Waals surface area contributed by atoms with Crippen LogP contribution in [0, 0.1) is 0 Å². The molecule has 2 rings (SSSR count). The van der Waals surface area contributed by atoms with Crippen LogP contribution in [0.25, 0.3) is 0 Å². The van der Waals surface area contributed by atoms with Crippen molar-refractivity contribution in [3.63, 3.8) is 0 Å². The number of ether oxygens (including phenoxy) is 1. The van der Waals surface area contributed by atoms with Gasteiger partial charge in [-0.05, 0) is 19.4 Å². The fourth-order valence-corrected chi connectivity index (χ4v) is 3.35. The number of sulfonamides is 1. The van der Waals surface area contributed by atoms with E-state index in [2.05, 4.69) is 21.8 Å². The number of morpholine rings is 1. The summed E-state index contributed by atoms with van der Waals surface area (Å²) < 4.78 is 31.7. The van der Waals surface area contributed by atoms with Gasteiger partial charge in [0.25, 0.3) is 0 Å². The SMILES string of the molecule is CCS(=O)(=O)N[C@@H](C)[C@@H]1CN(Cc2ccccc2)CCO1. The first-order valence-corrected chi connectivity index (χ1v) is 9.03. The Kier molecular flexibility index (Phi) is 5.75. The van der Waals surface area contributed by atoms with Crippen molar-refractivity contribution in [2.45, 2.75) is 32.5 Å². The summed E-state index contributed by atoms with van der Waals surface area (Å²) in [4.78, 5) is 2.31. The maximum atomic E-state index is 11.6. The minimum absolute atomic E-state index is 0.0950. The number of benzene rings is 1. The van der Waals surface area contributed by atoms with Crippen LogP contribution in [0.3, 0.4) is 0 Å². The van der Waals surface area contributed by atoms with Crippen molar-refractivity contribution in [3.05, 3.63) is 35.9 Å². The molecular formula is C15H24N2O3S. The van der Waals surface area contributed by atoms with Gasteiger partial charge in [0.15, 0.2) is 0 Å². The molecule has 0 amide bonds. The second-order valence-corrected chi connectivity index (χ2v) is 7.48. The lowest BCUT2D eigenvalue weighted by atomic mass is 10.1. The van der Waals surface area contributed by atoms with Crippen molar-refractivity contribution in [1.82, 2.24) is 9.62 Å². The molecule has 1 aromatic rings. The Balaban J connectivity index is 1.91. The third-order valence-electron chi connectivity index (χ3n) is 3.73. The van der Waals surface area contributed by atoms with Gasteiger partial charge in [-0.25, -0.2) is 13.1 Å². The van der Waals surface area contributed by atoms with Crippen molar-refractivity contribution in [3.8, 4) is 0 Å². The van der Waals surface area contributed by atoms with Crippen LogP contribution in [0.1, 0.15) is 19.4 Å². The van der Waals surface area contributed by atoms with E-state index < -0.39 is 10.0 Å². The van der Waals surface area contributed by atoms with Crippen LogP contribution in [0.2, 0.25) is 0 Å². The Bertz CT molecular complexity index is 533. The summed E-state index contributed by atoms with van der Waals surface area (Å²) in [6, 6.07) is 10.1. The third kappa shape index (κ3) is 5.07. The van der Waals surface area contributed by atoms with Crippen molar-refractivity contribution in [2.75, 3.05) is 25.4 Å². The summed E-state index contributed by atoms with van der Waals surface area (Å²) in [5, 5.41) is 0. The highest BCUT2D eigenvalue weighted by Crippen LogP contribution is 2.13. The third-order valence-corrected chi connectivity index (χ3v) is 5.22. The quantitative estimate of drug-likeness (QED) is 0.858. The highest BCUT2D eigenvalue weighted by Gasteiger charge is 2.27. The average molecular weight is 312 g/mol. The average Bonchev–Trinajstić information content (AvgIpc) is 2.48. The van der Waals surface area contributed by atoms with E-state index in [1.165, 1.54) is 5.56 Å². The lowest BCUT2D eigenvalue weighted by molar-refractivity contribution is -0.0427. The molecule has 1 saturated heterocycles. The summed E-state index contributed by atoms with van der Waals surface area (Å²) in [7, 11) is -3.19. The fourth-order valence-electron chi connectivity index (χ4n) is 2.46. The first-order chi connectivity index (χ1) is 10.00. The van der Waals surface area contributed by atoms with E-state index in [1.54, 1.807) is 6.92 Å². The van der Waals surface area contributed by atoms with Gasteiger partial charge in [0, 0.05) is 25.7 Å². The molecule has 21 heavy (non-hydrogen) atoms. The van der Waals surface area contributed by atoms with Gasteiger partial charge in [-0.2, -0.15) is 0 Å². The molecule has 6 heteroatoms. The second-order valence-electron chi connectivity index (χ2n) is 5.44. The minimum atomic E-state index is -3.19. The van der Waals surface area contributed by atoms with E-state index >= 15 is 0 Å². The zero-order valence-corrected chi connectivity index (χ0v) is 13.5. The van der Waals surface area contributed by atoms with Crippen LogP contribution >= 0.6 is 0 Å². The van der Waals surface area contributed by atoms with Crippen LogP contribution in [0.5, 0.6) is 0 Å². The first kappa shape index (κ1) is 16.4. The normalized spacial score (nSPS) is 22.1. The molecule has 0 spiro atoms. The van der Waals surface area contributed by atoms with E-state index in [9.17, 15) is 8.42 Å². The van der Waals surface area contributed by atoms with Gasteiger partial charge in [0.1, 0.15) is 0 Å². The Hall–Kier alpha value is -0.950. The first-order valence-electron chi connectivity index (χ1n) is 7.38. The number of nitrogens with one attached hydrogen (secondary N) is 1. The van der Waals surface area contributed by atoms with E-state index in [1.807, 2.05) is 25.1 Å². The van der Waals surface area contributed by atoms with Gasteiger partial charge in [-0.3, -0.25) is 4.90 Å². The van der Waals surface area contributed by atoms with Gasteiger partial charge in [0.2, 0.25) is 10.0 Å². The molecule has 1 fully saturated rings. The van der Waals surface area contributed by atoms with Crippen LogP contribution in [0.4, 0.5) is 0 Å². The number of hydrogen-bond donors (Lipinski definition) is 1. The maximum absolute atomic E-state index is 11.6. The molecule has 1 heterocycles. The standard InChI is InChI=1S/C15H24N2O3S/c1-3-21(18,19)16-13(2)15-12-17(9-10-20-15)11-14-7-5-4-6-8-14/h4-8,13,15-16H,3,9-12H2,1-2H3/t13-,15-/m0/s1. The summed E-state index contributed by atoms with van der Waals surface area (Å²) in [6.07, 6.45) is -0.108. The molecule has 0 radical (unpaired) electrons. The number of hydrogen-bond acceptors (Lipinski definition) is 4. The molecule has 0 aliphatic carbocycles. The molecule has 0 bridgehead atoms. The molecule has 5 nitrogen and oxygen atoms in total. The molecule has 1 aromatic carbocycles. The summed E-state index contributed by atoms with van der Waals surface area (Å²) in [5.74, 6) is 0.0950. The molecule has 1 N–H and O–H groups in total. The zero-order chi connectivity index (χ0) is 15.3. The van der Waals surface area contributed by atoms with Gasteiger partial charge in [0.05, 0.1) is 18.5 Å². The lowest BCUT2D eigenvalue weighted by Gasteiger charge is -2.36. The zero-order valence-electron chi connectivity index (χ0n) is 12.7. The molecule has 1 aliphatic rings. The Labute approximate surface area is 127 Å². The number of nitrogens with zero attached hydrogens (tertiary/aromatic N) is 1. The monoisotopic (exact) mass is 312 g/mol. The Morgan fingerprint density at radius 1 is 1.38 bits per heavy atom. The summed E-state index contributed by atoms with van der Waals surface area (Å²) in [6.45, 7) is 6.62. The highest BCUT2D eigenvalue weighted by molar-refractivity contribution is 7.89. The predicted molar refractivity (Wildman–Crippen MR) is 83.5 cm³/mol. The van der Waals surface area contributed by atoms with E-state index in [0.717, 1.165) is 19.6 Å². The van der Waals surface area contributed by atoms with E-state index in [4.69, 9.17) is 4.74 Å². The summed E-state index contributed by atoms with van der Waals surface area (Å²) in [5.41, 5.74) is 1.26. The van der Waals surface area contributed by atoms with Crippen molar-refractivity contribution < 1.29 is 13.2 Å². The molecule has 118 valence electrons. The minimum Gasteiger partial charge on any atom is -0.374 e. The van der Waals surface area contributed by atoms with Crippen LogP contribution < -0.4 is 4.72 Å². The largest absolute Gasteiger partial charge is 0.374 e. The Morgan fingerprint density at radius 2 is 2.10 bits per heavy atom. The molecule has 2 atom stereocenters. The van der Waals surface area contributed by atoms with Crippen LogP contribution in [-0.4, -0.2) is 50.9 Å². The van der Waals surface area contributed by atoms with Crippen LogP contribution in [-0.2, 0) is 21.3 Å². The van der Waals surface area contributed by atoms with Gasteiger partial charge < -0.3 is 4.74 Å². The topological polar surface area (TPSA) is 58.6 Å². The molecule has 0 saturated carbocycles. The molecular weight excluding hydrogens is 288 g/mol. The van der Waals surface area contributed by atoms with Crippen molar-refractivity contribution >= 4 is 10.0 Å². The van der Waals surface area contributed by atoms with E-state index in [0.29, 0.717) is 6.61 Å². The maximum Gasteiger partial charge on any atom is 0.211 e. The smallest absolute Gasteiger partial charge is 0.211 e. The van der Waals surface area contributed by atoms with Crippen molar-refractivity contribution in [2.24, 2.45) is 0 Å². The second kappa shape index (κ2) is 7.35. The highest BCUT2D eigenvalue weighted by atomic mass is 32.2. The van der Waals surface area contributed by atoms with Gasteiger partial charge in [-0.1, -0.05) is 30.3 Å².